The Labute approximate surface area is 212 Å². The molecule has 148 valence electrons. The van der Waals surface area contributed by atoms with E-state index in [1.807, 2.05) is 0 Å². The van der Waals surface area contributed by atoms with Crippen LogP contribution in [-0.4, -0.2) is 51.6 Å². The van der Waals surface area contributed by atoms with Gasteiger partial charge in [-0.1, -0.05) is 24.3 Å². The first-order valence-corrected chi connectivity index (χ1v) is 7.07. The van der Waals surface area contributed by atoms with Gasteiger partial charge in [0.1, 0.15) is 0 Å². The summed E-state index contributed by atoms with van der Waals surface area (Å²) in [4.78, 5) is 41.9. The van der Waals surface area contributed by atoms with E-state index in [2.05, 4.69) is 0 Å². The van der Waals surface area contributed by atoms with Crippen LogP contribution in [0.15, 0.2) is 48.5 Å². The Bertz CT molecular complexity index is 726. The van der Waals surface area contributed by atoms with Gasteiger partial charge in [-0.3, -0.25) is 7.32 Å². The summed E-state index contributed by atoms with van der Waals surface area (Å²) in [5.74, 6) is -4.91. The second-order valence-electron chi connectivity index (χ2n) is 4.60. The molecule has 0 saturated heterocycles. The summed E-state index contributed by atoms with van der Waals surface area (Å²) >= 11 is 0. The van der Waals surface area contributed by atoms with E-state index in [9.17, 15) is 19.2 Å². The SMILES string of the molecule is O=C(O)c1ccccc1C(=O)O.O=C(O)c1ccccc1C(=O)O.[Li+].[Li+].[Li+].[O-]B([O-])[O-]. The Morgan fingerprint density at radius 1 is 0.516 bits per heavy atom. The van der Waals surface area contributed by atoms with Crippen LogP contribution in [0.2, 0.25) is 0 Å². The maximum atomic E-state index is 10.5. The topological polar surface area (TPSA) is 218 Å². The average Bonchev–Trinajstić information content (AvgIpc) is 2.61. The molecule has 0 radical (unpaired) electrons. The third-order valence-electron chi connectivity index (χ3n) is 2.78. The van der Waals surface area contributed by atoms with Crippen LogP contribution in [0.1, 0.15) is 41.4 Å². The van der Waals surface area contributed by atoms with Crippen molar-refractivity contribution < 1.29 is 111 Å². The molecule has 0 heterocycles. The molecular weight excluding hydrogens is 400 g/mol. The molecule has 0 aliphatic rings. The van der Waals surface area contributed by atoms with Crippen molar-refractivity contribution >= 4 is 31.2 Å². The molecule has 11 nitrogen and oxygen atoms in total. The maximum absolute atomic E-state index is 10.5. The van der Waals surface area contributed by atoms with Crippen molar-refractivity contribution in [3.63, 3.8) is 0 Å². The number of carbonyl (C=O) groups is 4. The zero-order chi connectivity index (χ0) is 21.9. The molecule has 0 aliphatic heterocycles. The minimum absolute atomic E-state index is 0. The zero-order valence-corrected chi connectivity index (χ0v) is 16.8. The predicted molar refractivity (Wildman–Crippen MR) is 86.5 cm³/mol. The molecule has 0 aromatic heterocycles. The van der Waals surface area contributed by atoms with Gasteiger partial charge in [-0.05, 0) is 24.3 Å². The Balaban J connectivity index is -0.000000186. The van der Waals surface area contributed by atoms with Crippen LogP contribution < -0.4 is 71.7 Å². The van der Waals surface area contributed by atoms with Crippen LogP contribution in [-0.2, 0) is 0 Å². The fraction of sp³-hybridized carbons (Fsp3) is 0. The summed E-state index contributed by atoms with van der Waals surface area (Å²) in [5.41, 5.74) is -0.759. The van der Waals surface area contributed by atoms with Crippen molar-refractivity contribution in [1.82, 2.24) is 0 Å². The largest absolute Gasteiger partial charge is 1.00 e. The molecule has 2 aromatic carbocycles. The van der Waals surface area contributed by atoms with E-state index >= 15 is 0 Å². The summed E-state index contributed by atoms with van der Waals surface area (Å²) < 4.78 is 0. The number of benzene rings is 2. The average molecular weight is 412 g/mol. The Hall–Kier alpha value is -1.94. The van der Waals surface area contributed by atoms with E-state index in [-0.39, 0.29) is 78.8 Å². The van der Waals surface area contributed by atoms with Crippen LogP contribution in [0.4, 0.5) is 0 Å². The molecule has 0 atom stereocenters. The maximum Gasteiger partial charge on any atom is 1.00 e. The van der Waals surface area contributed by atoms with Crippen molar-refractivity contribution in [3.05, 3.63) is 70.8 Å². The summed E-state index contributed by atoms with van der Waals surface area (Å²) in [7, 11) is -2.92. The quantitative estimate of drug-likeness (QED) is 0.346. The van der Waals surface area contributed by atoms with Gasteiger partial charge in [0.15, 0.2) is 0 Å². The van der Waals surface area contributed by atoms with Gasteiger partial charge in [-0.2, -0.15) is 0 Å². The van der Waals surface area contributed by atoms with Gasteiger partial charge in [-0.15, -0.1) is 0 Å². The van der Waals surface area contributed by atoms with Crippen molar-refractivity contribution in [2.75, 3.05) is 0 Å². The molecule has 4 N–H and O–H groups in total. The van der Waals surface area contributed by atoms with Gasteiger partial charge in [0.05, 0.1) is 22.3 Å². The third kappa shape index (κ3) is 14.7. The fourth-order valence-electron chi connectivity index (χ4n) is 1.71. The van der Waals surface area contributed by atoms with E-state index in [0.29, 0.717) is 0 Å². The molecule has 0 saturated carbocycles. The molecule has 0 spiro atoms. The Morgan fingerprint density at radius 3 is 0.742 bits per heavy atom. The van der Waals surface area contributed by atoms with Crippen LogP contribution >= 0.6 is 0 Å². The minimum atomic E-state index is -2.92. The Kier molecular flexibility index (Phi) is 22.1. The molecule has 0 amide bonds. The van der Waals surface area contributed by atoms with Crippen molar-refractivity contribution in [2.45, 2.75) is 0 Å². The van der Waals surface area contributed by atoms with Gasteiger partial charge in [0.2, 0.25) is 0 Å². The van der Waals surface area contributed by atoms with Crippen LogP contribution in [0.5, 0.6) is 0 Å². The van der Waals surface area contributed by atoms with E-state index < -0.39 is 31.2 Å². The minimum Gasteiger partial charge on any atom is -0.907 e. The second-order valence-corrected chi connectivity index (χ2v) is 4.60. The molecule has 2 aromatic rings. The number of hydrogen-bond donors (Lipinski definition) is 4. The van der Waals surface area contributed by atoms with E-state index in [0.717, 1.165) is 0 Å². The monoisotopic (exact) mass is 412 g/mol. The van der Waals surface area contributed by atoms with Gasteiger partial charge in [-0.25, -0.2) is 19.2 Å². The first-order chi connectivity index (χ1) is 13.0. The third-order valence-corrected chi connectivity index (χ3v) is 2.78. The molecule has 2 rings (SSSR count). The Morgan fingerprint density at radius 2 is 0.645 bits per heavy atom. The number of aromatic carboxylic acids is 4. The fourth-order valence-corrected chi connectivity index (χ4v) is 1.71. The van der Waals surface area contributed by atoms with Gasteiger partial charge >= 0.3 is 80.5 Å². The summed E-state index contributed by atoms with van der Waals surface area (Å²) in [6.07, 6.45) is 0. The summed E-state index contributed by atoms with van der Waals surface area (Å²) in [5, 5.41) is 59.5. The molecule has 31 heavy (non-hydrogen) atoms. The van der Waals surface area contributed by atoms with Crippen LogP contribution in [0, 0.1) is 0 Å². The number of hydrogen-bond acceptors (Lipinski definition) is 7. The second kappa shape index (κ2) is 18.8. The van der Waals surface area contributed by atoms with Crippen LogP contribution in [0.25, 0.3) is 0 Å². The molecule has 0 aliphatic carbocycles. The van der Waals surface area contributed by atoms with Crippen LogP contribution in [0.3, 0.4) is 0 Å². The summed E-state index contributed by atoms with van der Waals surface area (Å²) in [6, 6.07) is 11.0. The number of carboxylic acids is 4. The van der Waals surface area contributed by atoms with Crippen molar-refractivity contribution in [3.8, 4) is 0 Å². The van der Waals surface area contributed by atoms with Gasteiger partial charge in [0.25, 0.3) is 0 Å². The van der Waals surface area contributed by atoms with E-state index in [1.54, 1.807) is 0 Å². The zero-order valence-electron chi connectivity index (χ0n) is 16.8. The van der Waals surface area contributed by atoms with E-state index in [1.165, 1.54) is 48.5 Å². The first-order valence-electron chi connectivity index (χ1n) is 7.07. The van der Waals surface area contributed by atoms with E-state index in [4.69, 9.17) is 35.5 Å². The molecule has 0 unspecified atom stereocenters. The molecule has 15 heteroatoms. The number of carboxylic acid groups (broad SMARTS) is 4. The first kappa shape index (κ1) is 36.4. The summed E-state index contributed by atoms with van der Waals surface area (Å²) in [6.45, 7) is 0. The molecule has 0 fully saturated rings. The molecular formula is C16H12BLi3O11. The number of rotatable bonds is 4. The predicted octanol–water partition coefficient (Wildman–Crippen LogP) is -10.8. The standard InChI is InChI=1S/2C8H6O4.BO3.3Li/c2*9-7(10)5-3-1-2-4-6(5)8(11)12;2-1(3)4;;;/h2*1-4H,(H,9,10)(H,11,12);;;;/q;;-3;3*+1. The van der Waals surface area contributed by atoms with Gasteiger partial charge < -0.3 is 35.5 Å². The van der Waals surface area contributed by atoms with Crippen molar-refractivity contribution in [2.24, 2.45) is 0 Å². The molecule has 0 bridgehead atoms. The normalized spacial score (nSPS) is 8.10. The smallest absolute Gasteiger partial charge is 0.907 e. The van der Waals surface area contributed by atoms with Gasteiger partial charge in [0, 0.05) is 0 Å². The van der Waals surface area contributed by atoms with Crippen molar-refractivity contribution in [1.29, 1.82) is 0 Å².